The van der Waals surface area contributed by atoms with Crippen LogP contribution in [0.4, 0.5) is 0 Å². The van der Waals surface area contributed by atoms with Crippen molar-refractivity contribution in [3.63, 3.8) is 0 Å². The summed E-state index contributed by atoms with van der Waals surface area (Å²) in [7, 11) is 0. The van der Waals surface area contributed by atoms with Crippen molar-refractivity contribution in [2.24, 2.45) is 0 Å². The summed E-state index contributed by atoms with van der Waals surface area (Å²) < 4.78 is 2.59. The largest absolute Gasteiger partial charge is 0.506 e. The molecule has 1 aromatic carbocycles. The van der Waals surface area contributed by atoms with E-state index < -0.39 is 0 Å². The van der Waals surface area contributed by atoms with Gasteiger partial charge in [-0.05, 0) is 46.2 Å². The minimum atomic E-state index is 0.314. The van der Waals surface area contributed by atoms with Crippen molar-refractivity contribution in [1.29, 1.82) is 0 Å². The number of phenolic OH excluding ortho intramolecular Hbond substituents is 1. The number of fused-ring (bicyclic) bond motifs is 1. The van der Waals surface area contributed by atoms with Crippen molar-refractivity contribution in [2.75, 3.05) is 0 Å². The molecule has 0 unspecified atom stereocenters. The van der Waals surface area contributed by atoms with Gasteiger partial charge in [-0.1, -0.05) is 11.6 Å². The van der Waals surface area contributed by atoms with E-state index in [1.165, 1.54) is 11.3 Å². The predicted molar refractivity (Wildman–Crippen MR) is 61.2 cm³/mol. The van der Waals surface area contributed by atoms with E-state index in [0.717, 1.165) is 13.7 Å². The highest BCUT2D eigenvalue weighted by Crippen LogP contribution is 2.36. The van der Waals surface area contributed by atoms with Gasteiger partial charge in [-0.2, -0.15) is 0 Å². The number of aromatic hydroxyl groups is 1. The van der Waals surface area contributed by atoms with E-state index in [4.69, 9.17) is 11.6 Å². The molecule has 1 heterocycles. The number of hydrogen-bond donors (Lipinski definition) is 1. The zero-order valence-corrected chi connectivity index (χ0v) is 9.57. The third kappa shape index (κ3) is 1.41. The number of benzene rings is 1. The highest BCUT2D eigenvalue weighted by atomic mass is 127. The van der Waals surface area contributed by atoms with Crippen LogP contribution in [0.25, 0.3) is 10.1 Å². The molecular weight excluding hydrogens is 307 g/mol. The van der Waals surface area contributed by atoms with Crippen LogP contribution in [-0.2, 0) is 0 Å². The first kappa shape index (κ1) is 8.59. The minimum absolute atomic E-state index is 0.314. The number of halogens is 2. The second-order valence-corrected chi connectivity index (χ2v) is 5.32. The molecule has 0 atom stereocenters. The van der Waals surface area contributed by atoms with Gasteiger partial charge in [0.2, 0.25) is 0 Å². The Balaban J connectivity index is 2.88. The summed E-state index contributed by atoms with van der Waals surface area (Å²) in [4.78, 5) is 0. The average Bonchev–Trinajstić information content (AvgIpc) is 2.29. The smallest absolute Gasteiger partial charge is 0.134 e. The van der Waals surface area contributed by atoms with Gasteiger partial charge in [0.1, 0.15) is 5.75 Å². The van der Waals surface area contributed by atoms with Gasteiger partial charge < -0.3 is 5.11 Å². The molecule has 1 N–H and O–H groups in total. The lowest BCUT2D eigenvalue weighted by Gasteiger charge is -1.94. The van der Waals surface area contributed by atoms with Crippen LogP contribution in [0.5, 0.6) is 5.75 Å². The van der Waals surface area contributed by atoms with Gasteiger partial charge >= 0.3 is 0 Å². The lowest BCUT2D eigenvalue weighted by atomic mass is 10.2. The Hall–Kier alpha value is -0.000000000000000139. The van der Waals surface area contributed by atoms with Crippen LogP contribution in [0.1, 0.15) is 0 Å². The van der Waals surface area contributed by atoms with Crippen LogP contribution in [0.15, 0.2) is 18.2 Å². The average molecular weight is 311 g/mol. The highest BCUT2D eigenvalue weighted by Gasteiger charge is 2.05. The molecule has 0 aliphatic carbocycles. The Bertz CT molecular complexity index is 438. The number of hydrogen-bond acceptors (Lipinski definition) is 2. The second kappa shape index (κ2) is 3.05. The van der Waals surface area contributed by atoms with E-state index >= 15 is 0 Å². The third-order valence-electron chi connectivity index (χ3n) is 1.53. The lowest BCUT2D eigenvalue weighted by Crippen LogP contribution is -1.70. The normalized spacial score (nSPS) is 10.8. The van der Waals surface area contributed by atoms with Crippen LogP contribution in [0.3, 0.4) is 0 Å². The Kier molecular flexibility index (Phi) is 2.18. The van der Waals surface area contributed by atoms with Gasteiger partial charge in [0.05, 0.1) is 9.04 Å². The van der Waals surface area contributed by atoms with Crippen LogP contribution in [-0.4, -0.2) is 5.11 Å². The zero-order valence-electron chi connectivity index (χ0n) is 5.84. The molecule has 62 valence electrons. The fraction of sp³-hybridized carbons (Fsp3) is 0. The monoisotopic (exact) mass is 310 g/mol. The molecule has 1 nitrogen and oxygen atoms in total. The van der Waals surface area contributed by atoms with E-state index in [-0.39, 0.29) is 0 Å². The molecular formula is C8H4ClIOS. The van der Waals surface area contributed by atoms with Crippen molar-refractivity contribution in [3.05, 3.63) is 26.1 Å². The van der Waals surface area contributed by atoms with Gasteiger partial charge in [0.15, 0.2) is 0 Å². The van der Waals surface area contributed by atoms with Gasteiger partial charge in [-0.3, -0.25) is 0 Å². The number of rotatable bonds is 0. The molecule has 0 amide bonds. The summed E-state index contributed by atoms with van der Waals surface area (Å²) in [5.74, 6) is 0.314. The Labute approximate surface area is 92.1 Å². The molecule has 0 saturated heterocycles. The van der Waals surface area contributed by atoms with Crippen LogP contribution in [0, 0.1) is 3.57 Å². The molecule has 1 aromatic heterocycles. The molecule has 0 bridgehead atoms. The van der Waals surface area contributed by atoms with E-state index in [9.17, 15) is 5.11 Å². The fourth-order valence-corrected chi connectivity index (χ4v) is 2.83. The van der Waals surface area contributed by atoms with E-state index in [1.807, 2.05) is 12.1 Å². The summed E-state index contributed by atoms with van der Waals surface area (Å²) in [5.41, 5.74) is 0. The first-order chi connectivity index (χ1) is 5.66. The summed E-state index contributed by atoms with van der Waals surface area (Å²) in [5, 5.41) is 10.5. The summed E-state index contributed by atoms with van der Waals surface area (Å²) in [6.07, 6.45) is 0. The molecule has 0 aliphatic rings. The Morgan fingerprint density at radius 1 is 1.33 bits per heavy atom. The second-order valence-electron chi connectivity index (χ2n) is 2.39. The standard InChI is InChI=1S/C8H4ClIOS/c9-7-2-4-1-5(10)3-6(11)8(4)12-7/h1-3,11H. The van der Waals surface area contributed by atoms with Gasteiger partial charge in [0.25, 0.3) is 0 Å². The maximum Gasteiger partial charge on any atom is 0.134 e. The molecule has 12 heavy (non-hydrogen) atoms. The van der Waals surface area contributed by atoms with Crippen LogP contribution < -0.4 is 0 Å². The minimum Gasteiger partial charge on any atom is -0.506 e. The molecule has 0 fully saturated rings. The third-order valence-corrected chi connectivity index (χ3v) is 3.46. The van der Waals surface area contributed by atoms with E-state index in [0.29, 0.717) is 10.1 Å². The Morgan fingerprint density at radius 3 is 2.83 bits per heavy atom. The Morgan fingerprint density at radius 2 is 2.08 bits per heavy atom. The maximum atomic E-state index is 9.51. The molecule has 0 saturated carbocycles. The predicted octanol–water partition coefficient (Wildman–Crippen LogP) is 3.86. The molecule has 2 aromatic rings. The highest BCUT2D eigenvalue weighted by molar-refractivity contribution is 14.1. The summed E-state index contributed by atoms with van der Waals surface area (Å²) in [6.45, 7) is 0. The van der Waals surface area contributed by atoms with Crippen LogP contribution in [0.2, 0.25) is 4.34 Å². The van der Waals surface area contributed by atoms with E-state index in [2.05, 4.69) is 22.6 Å². The molecule has 0 radical (unpaired) electrons. The van der Waals surface area contributed by atoms with Gasteiger partial charge in [-0.15, -0.1) is 11.3 Å². The quantitative estimate of drug-likeness (QED) is 0.733. The van der Waals surface area contributed by atoms with Crippen molar-refractivity contribution in [2.45, 2.75) is 0 Å². The van der Waals surface area contributed by atoms with Crippen molar-refractivity contribution < 1.29 is 5.11 Å². The van der Waals surface area contributed by atoms with E-state index in [1.54, 1.807) is 6.07 Å². The van der Waals surface area contributed by atoms with Crippen LogP contribution >= 0.6 is 45.5 Å². The molecule has 4 heteroatoms. The zero-order chi connectivity index (χ0) is 8.72. The first-order valence-electron chi connectivity index (χ1n) is 3.24. The van der Waals surface area contributed by atoms with Gasteiger partial charge in [0, 0.05) is 3.57 Å². The van der Waals surface area contributed by atoms with Crippen molar-refractivity contribution in [3.8, 4) is 5.75 Å². The van der Waals surface area contributed by atoms with Crippen molar-refractivity contribution in [1.82, 2.24) is 0 Å². The molecule has 0 spiro atoms. The summed E-state index contributed by atoms with van der Waals surface area (Å²) in [6, 6.07) is 5.59. The topological polar surface area (TPSA) is 20.2 Å². The fourth-order valence-electron chi connectivity index (χ4n) is 1.07. The number of phenols is 1. The number of thiophene rings is 1. The lowest BCUT2D eigenvalue weighted by molar-refractivity contribution is 0.482. The summed E-state index contributed by atoms with van der Waals surface area (Å²) >= 11 is 9.38. The van der Waals surface area contributed by atoms with Crippen molar-refractivity contribution >= 4 is 55.6 Å². The SMILES string of the molecule is Oc1cc(I)cc2cc(Cl)sc12. The van der Waals surface area contributed by atoms with Gasteiger partial charge in [-0.25, -0.2) is 0 Å². The molecule has 0 aliphatic heterocycles. The maximum absolute atomic E-state index is 9.51. The molecule has 2 rings (SSSR count). The first-order valence-corrected chi connectivity index (χ1v) is 5.52.